The van der Waals surface area contributed by atoms with Crippen molar-refractivity contribution in [2.45, 2.75) is 22.2 Å². The number of rotatable bonds is 6. The number of nitrogens with one attached hydrogen (secondary N) is 1. The number of hydrogen-bond donors (Lipinski definition) is 1. The third kappa shape index (κ3) is 5.51. The van der Waals surface area contributed by atoms with E-state index in [1.165, 1.54) is 0 Å². The van der Waals surface area contributed by atoms with Crippen molar-refractivity contribution in [3.05, 3.63) is 83.9 Å². The van der Waals surface area contributed by atoms with Crippen LogP contribution in [0.25, 0.3) is 0 Å². The Morgan fingerprint density at radius 3 is 1.88 bits per heavy atom. The molecule has 0 amide bonds. The molecule has 0 radical (unpaired) electrons. The molecule has 0 bridgehead atoms. The van der Waals surface area contributed by atoms with Gasteiger partial charge < -0.3 is 4.74 Å². The van der Waals surface area contributed by atoms with Crippen LogP contribution in [0.4, 0.5) is 0 Å². The minimum absolute atomic E-state index is 0.0734. The van der Waals surface area contributed by atoms with Gasteiger partial charge in [-0.3, -0.25) is 5.41 Å². The van der Waals surface area contributed by atoms with Crippen LogP contribution in [0.15, 0.2) is 72.8 Å². The van der Waals surface area contributed by atoms with Crippen LogP contribution < -0.4 is 0 Å². The van der Waals surface area contributed by atoms with Gasteiger partial charge in [0.1, 0.15) is 6.10 Å². The van der Waals surface area contributed by atoms with Crippen molar-refractivity contribution in [2.24, 2.45) is 0 Å². The van der Waals surface area contributed by atoms with Crippen LogP contribution in [-0.4, -0.2) is 15.8 Å². The molecule has 0 spiro atoms. The SMILES string of the molecule is C=C(C#N)C(CC(c1ccccc1)c1ccccc1)OC(=N)C(Cl)(Cl)Cl. The van der Waals surface area contributed by atoms with Crippen LogP contribution in [0.5, 0.6) is 0 Å². The van der Waals surface area contributed by atoms with Gasteiger partial charge >= 0.3 is 0 Å². The first-order valence-electron chi connectivity index (χ1n) is 7.84. The maximum Gasteiger partial charge on any atom is 0.265 e. The summed E-state index contributed by atoms with van der Waals surface area (Å²) in [5.41, 5.74) is 2.28. The van der Waals surface area contributed by atoms with E-state index < -0.39 is 15.8 Å². The Bertz CT molecular complexity index is 756. The summed E-state index contributed by atoms with van der Waals surface area (Å²) >= 11 is 17.1. The van der Waals surface area contributed by atoms with Crippen LogP contribution in [0, 0.1) is 16.7 Å². The monoisotopic (exact) mass is 406 g/mol. The molecular formula is C20H17Cl3N2O. The Morgan fingerprint density at radius 1 is 1.04 bits per heavy atom. The van der Waals surface area contributed by atoms with Crippen molar-refractivity contribution < 1.29 is 4.74 Å². The molecule has 1 unspecified atom stereocenters. The molecule has 0 saturated heterocycles. The molecule has 134 valence electrons. The lowest BCUT2D eigenvalue weighted by Crippen LogP contribution is -2.29. The zero-order valence-electron chi connectivity index (χ0n) is 13.8. The van der Waals surface area contributed by atoms with E-state index >= 15 is 0 Å². The minimum atomic E-state index is -2.00. The summed E-state index contributed by atoms with van der Waals surface area (Å²) in [7, 11) is 0. The number of halogens is 3. The molecule has 0 aromatic heterocycles. The summed E-state index contributed by atoms with van der Waals surface area (Å²) in [4.78, 5) is 0. The molecule has 6 heteroatoms. The summed E-state index contributed by atoms with van der Waals surface area (Å²) in [6.07, 6.45) is -0.405. The highest BCUT2D eigenvalue weighted by molar-refractivity contribution is 6.76. The maximum atomic E-state index is 9.28. The van der Waals surface area contributed by atoms with E-state index in [9.17, 15) is 5.26 Å². The van der Waals surface area contributed by atoms with Gasteiger partial charge in [0, 0.05) is 12.3 Å². The quantitative estimate of drug-likeness (QED) is 0.275. The number of ether oxygens (including phenoxy) is 1. The fraction of sp³-hybridized carbons (Fsp3) is 0.200. The van der Waals surface area contributed by atoms with E-state index in [0.717, 1.165) is 11.1 Å². The molecule has 1 N–H and O–H groups in total. The van der Waals surface area contributed by atoms with Gasteiger partial charge in [0.05, 0.1) is 11.6 Å². The van der Waals surface area contributed by atoms with E-state index in [2.05, 4.69) is 6.58 Å². The molecule has 0 aliphatic rings. The fourth-order valence-electron chi connectivity index (χ4n) is 2.59. The zero-order chi connectivity index (χ0) is 19.2. The standard InChI is InChI=1S/C20H17Cl3N2O/c1-14(13-24)18(26-19(25)20(21,22)23)12-17(15-8-4-2-5-9-15)16-10-6-3-7-11-16/h2-11,17-18,25H,1,12H2. The van der Waals surface area contributed by atoms with Gasteiger partial charge in [-0.05, 0) is 11.1 Å². The largest absolute Gasteiger partial charge is 0.469 e. The molecule has 26 heavy (non-hydrogen) atoms. The lowest BCUT2D eigenvalue weighted by molar-refractivity contribution is 0.206. The summed E-state index contributed by atoms with van der Waals surface area (Å²) < 4.78 is 3.51. The van der Waals surface area contributed by atoms with Crippen LogP contribution in [-0.2, 0) is 4.74 Å². The summed E-state index contributed by atoms with van der Waals surface area (Å²) in [6.45, 7) is 3.74. The average Bonchev–Trinajstić information content (AvgIpc) is 2.64. The van der Waals surface area contributed by atoms with E-state index in [1.807, 2.05) is 66.7 Å². The second kappa shape index (κ2) is 9.09. The highest BCUT2D eigenvalue weighted by Gasteiger charge is 2.33. The average molecular weight is 408 g/mol. The van der Waals surface area contributed by atoms with Crippen LogP contribution in [0.3, 0.4) is 0 Å². The van der Waals surface area contributed by atoms with Crippen molar-refractivity contribution in [2.75, 3.05) is 0 Å². The Labute approximate surface area is 168 Å². The number of benzene rings is 2. The second-order valence-corrected chi connectivity index (χ2v) is 7.96. The van der Waals surface area contributed by atoms with Crippen molar-refractivity contribution in [1.29, 1.82) is 10.7 Å². The van der Waals surface area contributed by atoms with Crippen molar-refractivity contribution >= 4 is 40.7 Å². The van der Waals surface area contributed by atoms with E-state index in [1.54, 1.807) is 0 Å². The first-order chi connectivity index (χ1) is 12.3. The molecule has 2 aromatic carbocycles. The molecule has 0 aliphatic carbocycles. The number of nitrogens with zero attached hydrogens (tertiary/aromatic N) is 1. The van der Waals surface area contributed by atoms with Crippen LogP contribution >= 0.6 is 34.8 Å². The zero-order valence-corrected chi connectivity index (χ0v) is 16.1. The molecule has 1 atom stereocenters. The fourth-order valence-corrected chi connectivity index (χ4v) is 2.73. The van der Waals surface area contributed by atoms with Crippen molar-refractivity contribution in [1.82, 2.24) is 0 Å². The highest BCUT2D eigenvalue weighted by atomic mass is 35.6. The number of hydrogen-bond acceptors (Lipinski definition) is 3. The van der Waals surface area contributed by atoms with Crippen molar-refractivity contribution in [3.8, 4) is 6.07 Å². The van der Waals surface area contributed by atoms with Gasteiger partial charge in [0.25, 0.3) is 3.79 Å². The van der Waals surface area contributed by atoms with Gasteiger partial charge in [-0.15, -0.1) is 0 Å². The highest BCUT2D eigenvalue weighted by Crippen LogP contribution is 2.34. The maximum absolute atomic E-state index is 9.28. The molecule has 0 aliphatic heterocycles. The predicted octanol–water partition coefficient (Wildman–Crippen LogP) is 6.02. The normalized spacial score (nSPS) is 12.3. The number of alkyl halides is 3. The lowest BCUT2D eigenvalue weighted by atomic mass is 9.85. The number of nitriles is 1. The molecule has 0 fully saturated rings. The molecule has 3 nitrogen and oxygen atoms in total. The summed E-state index contributed by atoms with van der Waals surface area (Å²) in [6, 6.07) is 21.7. The topological polar surface area (TPSA) is 56.9 Å². The third-order valence-corrected chi connectivity index (χ3v) is 4.42. The minimum Gasteiger partial charge on any atom is -0.469 e. The third-order valence-electron chi connectivity index (χ3n) is 3.90. The summed E-state index contributed by atoms with van der Waals surface area (Å²) in [5, 5.41) is 17.1. The predicted molar refractivity (Wildman–Crippen MR) is 107 cm³/mol. The van der Waals surface area contributed by atoms with Gasteiger partial charge in [-0.25, -0.2) is 0 Å². The van der Waals surface area contributed by atoms with Crippen molar-refractivity contribution in [3.63, 3.8) is 0 Å². The Kier molecular flexibility index (Phi) is 7.11. The first-order valence-corrected chi connectivity index (χ1v) is 8.97. The van der Waals surface area contributed by atoms with Crippen LogP contribution in [0.1, 0.15) is 23.5 Å². The first kappa shape index (κ1) is 20.3. The van der Waals surface area contributed by atoms with Gasteiger partial charge in [-0.2, -0.15) is 5.26 Å². The molecular weight excluding hydrogens is 391 g/mol. The van der Waals surface area contributed by atoms with Gasteiger partial charge in [0.2, 0.25) is 5.90 Å². The Hall–Kier alpha value is -1.99. The van der Waals surface area contributed by atoms with Gasteiger partial charge in [-0.1, -0.05) is 102 Å². The Morgan fingerprint density at radius 2 is 1.50 bits per heavy atom. The van der Waals surface area contributed by atoms with Crippen LogP contribution in [0.2, 0.25) is 0 Å². The second-order valence-electron chi connectivity index (χ2n) is 5.68. The lowest BCUT2D eigenvalue weighted by Gasteiger charge is -2.26. The smallest absolute Gasteiger partial charge is 0.265 e. The van der Waals surface area contributed by atoms with E-state index in [0.29, 0.717) is 6.42 Å². The molecule has 0 saturated carbocycles. The summed E-state index contributed by atoms with van der Waals surface area (Å²) in [5.74, 6) is -0.612. The molecule has 2 rings (SSSR count). The van der Waals surface area contributed by atoms with E-state index in [-0.39, 0.29) is 11.5 Å². The Balaban J connectivity index is 2.35. The molecule has 2 aromatic rings. The molecule has 0 heterocycles. The van der Waals surface area contributed by atoms with Gasteiger partial charge in [0.15, 0.2) is 0 Å². The van der Waals surface area contributed by atoms with E-state index in [4.69, 9.17) is 44.9 Å².